The number of para-hydroxylation sites is 1. The maximum atomic E-state index is 13.0. The van der Waals surface area contributed by atoms with Gasteiger partial charge in [-0.3, -0.25) is 10.1 Å². The van der Waals surface area contributed by atoms with Crippen LogP contribution in [-0.2, 0) is 10.0 Å². The lowest BCUT2D eigenvalue weighted by molar-refractivity contribution is 0.102. The van der Waals surface area contributed by atoms with Gasteiger partial charge in [0.1, 0.15) is 0 Å². The highest BCUT2D eigenvalue weighted by Gasteiger charge is 2.31. The first-order valence-electron chi connectivity index (χ1n) is 10.1. The van der Waals surface area contributed by atoms with Gasteiger partial charge < -0.3 is 0 Å². The number of amides is 1. The summed E-state index contributed by atoms with van der Waals surface area (Å²) in [6.07, 6.45) is 3.03. The minimum absolute atomic E-state index is 0.218. The van der Waals surface area contributed by atoms with Crippen LogP contribution < -0.4 is 5.32 Å². The third kappa shape index (κ3) is 4.64. The summed E-state index contributed by atoms with van der Waals surface area (Å²) in [6.45, 7) is 5.22. The Morgan fingerprint density at radius 3 is 2.45 bits per heavy atom. The third-order valence-electron chi connectivity index (χ3n) is 5.41. The molecule has 2 heterocycles. The number of thioether (sulfide) groups is 1. The van der Waals surface area contributed by atoms with E-state index in [1.807, 2.05) is 24.5 Å². The molecule has 4 rings (SSSR count). The van der Waals surface area contributed by atoms with Crippen molar-refractivity contribution in [3.05, 3.63) is 48.0 Å². The Bertz CT molecular complexity index is 1200. The lowest BCUT2D eigenvalue weighted by Gasteiger charge is -2.34. The van der Waals surface area contributed by atoms with Gasteiger partial charge in [-0.25, -0.2) is 13.4 Å². The summed E-state index contributed by atoms with van der Waals surface area (Å²) >= 11 is 3.03. The molecule has 2 aromatic carbocycles. The molecule has 2 atom stereocenters. The molecule has 1 aromatic heterocycles. The van der Waals surface area contributed by atoms with E-state index in [9.17, 15) is 13.2 Å². The Kier molecular flexibility index (Phi) is 6.39. The summed E-state index contributed by atoms with van der Waals surface area (Å²) < 4.78 is 28.6. The number of rotatable bonds is 5. The normalized spacial score (nSPS) is 20.1. The van der Waals surface area contributed by atoms with Crippen LogP contribution in [0.25, 0.3) is 10.2 Å². The fourth-order valence-corrected chi connectivity index (χ4v) is 7.24. The van der Waals surface area contributed by atoms with Crippen LogP contribution in [0.5, 0.6) is 0 Å². The lowest BCUT2D eigenvalue weighted by Crippen LogP contribution is -2.42. The number of carbonyl (C=O) groups is 1. The lowest BCUT2D eigenvalue weighted by atomic mass is 9.94. The average molecular weight is 476 g/mol. The van der Waals surface area contributed by atoms with Crippen molar-refractivity contribution in [2.24, 2.45) is 11.8 Å². The van der Waals surface area contributed by atoms with Crippen molar-refractivity contribution >= 4 is 54.4 Å². The minimum Gasteiger partial charge on any atom is -0.298 e. The minimum atomic E-state index is -3.57. The molecule has 0 spiro atoms. The smallest absolute Gasteiger partial charge is 0.257 e. The summed E-state index contributed by atoms with van der Waals surface area (Å²) in [4.78, 5) is 18.5. The monoisotopic (exact) mass is 475 g/mol. The molecule has 1 aliphatic rings. The molecular weight excluding hydrogens is 450 g/mol. The molecule has 3 aromatic rings. The van der Waals surface area contributed by atoms with Gasteiger partial charge in [0.25, 0.3) is 5.91 Å². The number of nitrogens with one attached hydrogen (secondary N) is 1. The predicted octanol–water partition coefficient (Wildman–Crippen LogP) is 4.94. The van der Waals surface area contributed by atoms with Crippen LogP contribution in [0, 0.1) is 11.8 Å². The molecule has 1 fully saturated rings. The topological polar surface area (TPSA) is 79.4 Å². The van der Waals surface area contributed by atoms with Gasteiger partial charge in [0, 0.05) is 23.5 Å². The molecule has 0 radical (unpaired) electrons. The van der Waals surface area contributed by atoms with E-state index in [-0.39, 0.29) is 10.8 Å². The first-order valence-corrected chi connectivity index (χ1v) is 13.6. The largest absolute Gasteiger partial charge is 0.298 e. The van der Waals surface area contributed by atoms with Crippen molar-refractivity contribution in [2.75, 3.05) is 24.7 Å². The number of fused-ring (bicyclic) bond motifs is 1. The fourth-order valence-electron chi connectivity index (χ4n) is 4.04. The Morgan fingerprint density at radius 1 is 1.13 bits per heavy atom. The second kappa shape index (κ2) is 8.90. The molecule has 1 saturated heterocycles. The maximum Gasteiger partial charge on any atom is 0.257 e. The van der Waals surface area contributed by atoms with Crippen molar-refractivity contribution in [3.8, 4) is 0 Å². The van der Waals surface area contributed by atoms with Crippen molar-refractivity contribution < 1.29 is 13.2 Å². The number of nitrogens with zero attached hydrogens (tertiary/aromatic N) is 2. The zero-order chi connectivity index (χ0) is 22.2. The van der Waals surface area contributed by atoms with E-state index in [0.29, 0.717) is 35.6 Å². The molecule has 0 aliphatic carbocycles. The number of aromatic nitrogens is 1. The zero-order valence-corrected chi connectivity index (χ0v) is 20.1. The van der Waals surface area contributed by atoms with Gasteiger partial charge in [0.15, 0.2) is 5.13 Å². The quantitative estimate of drug-likeness (QED) is 0.529. The van der Waals surface area contributed by atoms with E-state index in [0.717, 1.165) is 21.5 Å². The highest BCUT2D eigenvalue weighted by atomic mass is 32.2. The molecule has 9 heteroatoms. The molecule has 0 bridgehead atoms. The second-order valence-corrected chi connectivity index (χ2v) is 11.9. The SMILES string of the molecule is CSc1cccc2sc(NC(=O)c3ccc(S(=O)(=O)N4CC(C)CC(C)C4)cc3)nc12. The standard InChI is InChI=1S/C22H25N3O3S3/c1-14-11-15(2)13-25(12-14)31(27,28)17-9-7-16(8-10-17)21(26)24-22-23-20-18(29-3)5-4-6-19(20)30-22/h4-10,14-15H,11-13H2,1-3H3,(H,23,24,26). The number of sulfonamides is 1. The van der Waals surface area contributed by atoms with Gasteiger partial charge in [0.05, 0.1) is 15.1 Å². The second-order valence-electron chi connectivity index (χ2n) is 8.07. The number of benzene rings is 2. The number of thiazole rings is 1. The van der Waals surface area contributed by atoms with E-state index < -0.39 is 10.0 Å². The average Bonchev–Trinajstić information content (AvgIpc) is 3.15. The van der Waals surface area contributed by atoms with E-state index in [1.54, 1.807) is 28.2 Å². The van der Waals surface area contributed by atoms with E-state index in [2.05, 4.69) is 24.1 Å². The zero-order valence-electron chi connectivity index (χ0n) is 17.7. The summed E-state index contributed by atoms with van der Waals surface area (Å²) in [5.41, 5.74) is 1.27. The Balaban J connectivity index is 1.51. The highest BCUT2D eigenvalue weighted by molar-refractivity contribution is 7.98. The molecule has 1 N–H and O–H groups in total. The Morgan fingerprint density at radius 2 is 1.81 bits per heavy atom. The van der Waals surface area contributed by atoms with Gasteiger partial charge >= 0.3 is 0 Å². The molecule has 6 nitrogen and oxygen atoms in total. The van der Waals surface area contributed by atoms with Crippen molar-refractivity contribution in [1.29, 1.82) is 0 Å². The van der Waals surface area contributed by atoms with E-state index >= 15 is 0 Å². The van der Waals surface area contributed by atoms with Crippen molar-refractivity contribution in [1.82, 2.24) is 9.29 Å². The van der Waals surface area contributed by atoms with Crippen LogP contribution >= 0.6 is 23.1 Å². The predicted molar refractivity (Wildman–Crippen MR) is 128 cm³/mol. The molecule has 1 amide bonds. The van der Waals surface area contributed by atoms with Gasteiger partial charge in [-0.2, -0.15) is 4.31 Å². The summed E-state index contributed by atoms with van der Waals surface area (Å²) in [5.74, 6) is 0.363. The molecule has 1 aliphatic heterocycles. The van der Waals surface area contributed by atoms with Gasteiger partial charge in [0.2, 0.25) is 10.0 Å². The Hall–Kier alpha value is -1.94. The highest BCUT2D eigenvalue weighted by Crippen LogP contribution is 2.32. The van der Waals surface area contributed by atoms with Crippen LogP contribution in [0.4, 0.5) is 5.13 Å². The van der Waals surface area contributed by atoms with Crippen molar-refractivity contribution in [2.45, 2.75) is 30.1 Å². The van der Waals surface area contributed by atoms with Crippen LogP contribution in [0.1, 0.15) is 30.6 Å². The van der Waals surface area contributed by atoms with E-state index in [4.69, 9.17) is 0 Å². The number of carbonyl (C=O) groups excluding carboxylic acids is 1. The molecule has 0 saturated carbocycles. The third-order valence-corrected chi connectivity index (χ3v) is 8.96. The van der Waals surface area contributed by atoms with E-state index in [1.165, 1.54) is 23.5 Å². The number of hydrogen-bond donors (Lipinski definition) is 1. The summed E-state index contributed by atoms with van der Waals surface area (Å²) in [6, 6.07) is 12.1. The summed E-state index contributed by atoms with van der Waals surface area (Å²) in [7, 11) is -3.57. The van der Waals surface area contributed by atoms with Crippen LogP contribution in [0.15, 0.2) is 52.3 Å². The first-order chi connectivity index (χ1) is 14.8. The number of anilines is 1. The first kappa shape index (κ1) is 22.3. The molecule has 31 heavy (non-hydrogen) atoms. The fraction of sp³-hybridized carbons (Fsp3) is 0.364. The van der Waals surface area contributed by atoms with Crippen LogP contribution in [0.3, 0.4) is 0 Å². The van der Waals surface area contributed by atoms with Gasteiger partial charge in [-0.15, -0.1) is 11.8 Å². The maximum absolute atomic E-state index is 13.0. The molecule has 164 valence electrons. The summed E-state index contributed by atoms with van der Waals surface area (Å²) in [5, 5.41) is 3.35. The molecule has 2 unspecified atom stereocenters. The number of hydrogen-bond acceptors (Lipinski definition) is 6. The number of piperidine rings is 1. The van der Waals surface area contributed by atoms with Crippen molar-refractivity contribution in [3.63, 3.8) is 0 Å². The van der Waals surface area contributed by atoms with Gasteiger partial charge in [-0.1, -0.05) is 31.3 Å². The molecular formula is C22H25N3O3S3. The Labute approximate surface area is 191 Å². The van der Waals surface area contributed by atoms with Crippen LogP contribution in [0.2, 0.25) is 0 Å². The van der Waals surface area contributed by atoms with Gasteiger partial charge in [-0.05, 0) is 60.9 Å². The van der Waals surface area contributed by atoms with Crippen LogP contribution in [-0.4, -0.2) is 43.0 Å².